The van der Waals surface area contributed by atoms with E-state index in [-0.39, 0.29) is 18.6 Å². The molecule has 1 amide bonds. The summed E-state index contributed by atoms with van der Waals surface area (Å²) in [4.78, 5) is 24.4. The second-order valence-electron chi connectivity index (χ2n) is 7.41. The van der Waals surface area contributed by atoms with E-state index in [0.717, 1.165) is 29.5 Å². The summed E-state index contributed by atoms with van der Waals surface area (Å²) >= 11 is 0. The lowest BCUT2D eigenvalue weighted by Crippen LogP contribution is -2.40. The molecule has 2 heterocycles. The maximum atomic E-state index is 11.9. The molecule has 0 spiro atoms. The predicted octanol–water partition coefficient (Wildman–Crippen LogP) is 3.15. The number of benzene rings is 1. The number of aryl methyl sites for hydroxylation is 1. The SMILES string of the molecule is CC(C)OC(=O)N1CCC(COc2ccc3c(cnn3CCC(=O)O)c2)CC1. The molecule has 1 aromatic carbocycles. The zero-order valence-corrected chi connectivity index (χ0v) is 16.3. The van der Waals surface area contributed by atoms with E-state index in [4.69, 9.17) is 14.6 Å². The Hall–Kier alpha value is -2.77. The predicted molar refractivity (Wildman–Crippen MR) is 103 cm³/mol. The van der Waals surface area contributed by atoms with Crippen LogP contribution in [0, 0.1) is 5.92 Å². The quantitative estimate of drug-likeness (QED) is 0.782. The molecule has 1 aliphatic heterocycles. The van der Waals surface area contributed by atoms with Crippen LogP contribution in [0.15, 0.2) is 24.4 Å². The van der Waals surface area contributed by atoms with Crippen LogP contribution in [0.5, 0.6) is 5.75 Å². The standard InChI is InChI=1S/C20H27N3O5/c1-14(2)28-20(26)22-8-5-15(6-9-22)13-27-17-3-4-18-16(11-17)12-21-23(18)10-7-19(24)25/h3-4,11-12,14-15H,5-10,13H2,1-2H3,(H,24,25). The average Bonchev–Trinajstić information content (AvgIpc) is 3.07. The number of aromatic nitrogens is 2. The Morgan fingerprint density at radius 2 is 2.04 bits per heavy atom. The van der Waals surface area contributed by atoms with E-state index in [1.54, 1.807) is 15.8 Å². The molecular weight excluding hydrogens is 362 g/mol. The van der Waals surface area contributed by atoms with Crippen LogP contribution in [0.3, 0.4) is 0 Å². The summed E-state index contributed by atoms with van der Waals surface area (Å²) < 4.78 is 12.9. The van der Waals surface area contributed by atoms with Crippen molar-refractivity contribution < 1.29 is 24.2 Å². The van der Waals surface area contributed by atoms with Crippen molar-refractivity contribution in [3.8, 4) is 5.75 Å². The summed E-state index contributed by atoms with van der Waals surface area (Å²) in [5.74, 6) is 0.330. The number of hydrogen-bond donors (Lipinski definition) is 1. The molecule has 8 heteroatoms. The Kier molecular flexibility index (Phi) is 6.38. The zero-order chi connectivity index (χ0) is 20.1. The fraction of sp³-hybridized carbons (Fsp3) is 0.550. The molecule has 1 aliphatic rings. The highest BCUT2D eigenvalue weighted by atomic mass is 16.6. The summed E-state index contributed by atoms with van der Waals surface area (Å²) in [7, 11) is 0. The Morgan fingerprint density at radius 3 is 2.71 bits per heavy atom. The average molecular weight is 389 g/mol. The van der Waals surface area contributed by atoms with E-state index >= 15 is 0 Å². The van der Waals surface area contributed by atoms with E-state index in [0.29, 0.717) is 32.2 Å². The van der Waals surface area contributed by atoms with E-state index in [2.05, 4.69) is 5.10 Å². The van der Waals surface area contributed by atoms with Crippen LogP contribution in [-0.2, 0) is 16.1 Å². The lowest BCUT2D eigenvalue weighted by atomic mass is 9.98. The number of carbonyl (C=O) groups is 2. The fourth-order valence-electron chi connectivity index (χ4n) is 3.31. The van der Waals surface area contributed by atoms with Gasteiger partial charge in [-0.05, 0) is 50.8 Å². The number of hydrogen-bond acceptors (Lipinski definition) is 5. The van der Waals surface area contributed by atoms with Gasteiger partial charge in [0, 0.05) is 18.5 Å². The molecular formula is C20H27N3O5. The third-order valence-corrected chi connectivity index (χ3v) is 4.85. The zero-order valence-electron chi connectivity index (χ0n) is 16.3. The molecule has 0 saturated carbocycles. The first-order valence-electron chi connectivity index (χ1n) is 9.68. The number of ether oxygens (including phenoxy) is 2. The van der Waals surface area contributed by atoms with Crippen molar-refractivity contribution in [1.82, 2.24) is 14.7 Å². The van der Waals surface area contributed by atoms with Crippen LogP contribution in [0.1, 0.15) is 33.1 Å². The third-order valence-electron chi connectivity index (χ3n) is 4.85. The second-order valence-corrected chi connectivity index (χ2v) is 7.41. The summed E-state index contributed by atoms with van der Waals surface area (Å²) in [5, 5.41) is 14.0. The van der Waals surface area contributed by atoms with Crippen LogP contribution in [0.25, 0.3) is 10.9 Å². The summed E-state index contributed by atoms with van der Waals surface area (Å²) in [6, 6.07) is 5.72. The van der Waals surface area contributed by atoms with Crippen molar-refractivity contribution in [2.45, 2.75) is 45.8 Å². The molecule has 1 fully saturated rings. The Labute approximate surface area is 164 Å². The number of amides is 1. The van der Waals surface area contributed by atoms with Gasteiger partial charge in [-0.25, -0.2) is 4.79 Å². The minimum atomic E-state index is -0.841. The Balaban J connectivity index is 1.49. The molecule has 0 unspecified atom stereocenters. The van der Waals surface area contributed by atoms with Gasteiger partial charge in [0.25, 0.3) is 0 Å². The number of carboxylic acid groups (broad SMARTS) is 1. The number of carboxylic acids is 1. The topological polar surface area (TPSA) is 93.9 Å². The van der Waals surface area contributed by atoms with Gasteiger partial charge < -0.3 is 19.5 Å². The van der Waals surface area contributed by atoms with Gasteiger partial charge in [0.1, 0.15) is 5.75 Å². The number of likely N-dealkylation sites (tertiary alicyclic amines) is 1. The van der Waals surface area contributed by atoms with Gasteiger partial charge in [-0.15, -0.1) is 0 Å². The number of fused-ring (bicyclic) bond motifs is 1. The Morgan fingerprint density at radius 1 is 1.29 bits per heavy atom. The summed E-state index contributed by atoms with van der Waals surface area (Å²) in [6.07, 6.45) is 3.21. The highest BCUT2D eigenvalue weighted by molar-refractivity contribution is 5.80. The smallest absolute Gasteiger partial charge is 0.410 e. The van der Waals surface area contributed by atoms with Crippen molar-refractivity contribution in [3.05, 3.63) is 24.4 Å². The summed E-state index contributed by atoms with van der Waals surface area (Å²) in [5.41, 5.74) is 0.894. The van der Waals surface area contributed by atoms with Crippen LogP contribution < -0.4 is 4.74 Å². The van der Waals surface area contributed by atoms with Gasteiger partial charge in [-0.1, -0.05) is 0 Å². The van der Waals surface area contributed by atoms with Gasteiger partial charge in [0.05, 0.1) is 37.4 Å². The largest absolute Gasteiger partial charge is 0.493 e. The molecule has 3 rings (SSSR count). The maximum absolute atomic E-state index is 11.9. The molecule has 8 nitrogen and oxygen atoms in total. The van der Waals surface area contributed by atoms with E-state index in [1.165, 1.54) is 0 Å². The van der Waals surface area contributed by atoms with Gasteiger partial charge in [-0.2, -0.15) is 5.10 Å². The molecule has 152 valence electrons. The van der Waals surface area contributed by atoms with Crippen molar-refractivity contribution in [2.24, 2.45) is 5.92 Å². The molecule has 1 saturated heterocycles. The monoisotopic (exact) mass is 389 g/mol. The number of carbonyl (C=O) groups excluding carboxylic acids is 1. The molecule has 0 atom stereocenters. The lowest BCUT2D eigenvalue weighted by molar-refractivity contribution is -0.137. The third kappa shape index (κ3) is 5.15. The van der Waals surface area contributed by atoms with Gasteiger partial charge >= 0.3 is 12.1 Å². The van der Waals surface area contributed by atoms with Gasteiger partial charge in [0.2, 0.25) is 0 Å². The normalized spacial score (nSPS) is 15.2. The molecule has 1 aromatic heterocycles. The van der Waals surface area contributed by atoms with Crippen molar-refractivity contribution in [1.29, 1.82) is 0 Å². The van der Waals surface area contributed by atoms with E-state index in [1.807, 2.05) is 32.0 Å². The number of rotatable bonds is 7. The highest BCUT2D eigenvalue weighted by Crippen LogP contribution is 2.24. The highest BCUT2D eigenvalue weighted by Gasteiger charge is 2.24. The lowest BCUT2D eigenvalue weighted by Gasteiger charge is -2.31. The molecule has 0 aliphatic carbocycles. The molecule has 2 aromatic rings. The number of piperidine rings is 1. The number of aliphatic carboxylic acids is 1. The first-order valence-corrected chi connectivity index (χ1v) is 9.68. The first kappa shape index (κ1) is 20.0. The van der Waals surface area contributed by atoms with Gasteiger partial charge in [-0.3, -0.25) is 9.48 Å². The second kappa shape index (κ2) is 8.95. The first-order chi connectivity index (χ1) is 13.4. The van der Waals surface area contributed by atoms with Crippen molar-refractivity contribution >= 4 is 23.0 Å². The minimum absolute atomic E-state index is 0.0401. The van der Waals surface area contributed by atoms with Crippen LogP contribution in [0.4, 0.5) is 4.79 Å². The molecule has 0 radical (unpaired) electrons. The Bertz CT molecular complexity index is 824. The van der Waals surface area contributed by atoms with Crippen LogP contribution in [-0.4, -0.2) is 57.6 Å². The van der Waals surface area contributed by atoms with Crippen molar-refractivity contribution in [3.63, 3.8) is 0 Å². The maximum Gasteiger partial charge on any atom is 0.410 e. The van der Waals surface area contributed by atoms with Crippen LogP contribution >= 0.6 is 0 Å². The van der Waals surface area contributed by atoms with E-state index < -0.39 is 5.97 Å². The number of nitrogens with zero attached hydrogens (tertiary/aromatic N) is 3. The van der Waals surface area contributed by atoms with E-state index in [9.17, 15) is 9.59 Å². The van der Waals surface area contributed by atoms with Gasteiger partial charge in [0.15, 0.2) is 0 Å². The minimum Gasteiger partial charge on any atom is -0.493 e. The molecule has 0 bridgehead atoms. The van der Waals surface area contributed by atoms with Crippen molar-refractivity contribution in [2.75, 3.05) is 19.7 Å². The van der Waals surface area contributed by atoms with Crippen LogP contribution in [0.2, 0.25) is 0 Å². The fourth-order valence-corrected chi connectivity index (χ4v) is 3.31. The molecule has 1 N–H and O–H groups in total. The summed E-state index contributed by atoms with van der Waals surface area (Å²) in [6.45, 7) is 6.03. The molecule has 28 heavy (non-hydrogen) atoms.